The molecule has 0 fully saturated rings. The molecule has 0 amide bonds. The lowest BCUT2D eigenvalue weighted by Gasteiger charge is -2.19. The molecule has 0 aliphatic carbocycles. The minimum absolute atomic E-state index is 0.208. The van der Waals surface area contributed by atoms with Gasteiger partial charge in [-0.15, -0.1) is 16.9 Å². The quantitative estimate of drug-likeness (QED) is 0.764. The van der Waals surface area contributed by atoms with Gasteiger partial charge in [0.25, 0.3) is 0 Å². The van der Waals surface area contributed by atoms with Crippen molar-refractivity contribution >= 4 is 28.3 Å². The van der Waals surface area contributed by atoms with E-state index in [1.165, 1.54) is 22.0 Å². The molecule has 3 nitrogen and oxygen atoms in total. The van der Waals surface area contributed by atoms with Crippen molar-refractivity contribution in [3.8, 4) is 0 Å². The minimum Gasteiger partial charge on any atom is -0.374 e. The van der Waals surface area contributed by atoms with Crippen LogP contribution in [0.1, 0.15) is 45.4 Å². The van der Waals surface area contributed by atoms with Gasteiger partial charge in [0.2, 0.25) is 0 Å². The molecule has 0 unspecified atom stereocenters. The molecule has 0 spiro atoms. The van der Waals surface area contributed by atoms with Crippen LogP contribution in [-0.4, -0.2) is 16.1 Å². The third-order valence-corrected chi connectivity index (χ3v) is 4.94. The van der Waals surface area contributed by atoms with Crippen molar-refractivity contribution in [3.05, 3.63) is 35.5 Å². The summed E-state index contributed by atoms with van der Waals surface area (Å²) in [5, 5.41) is 8.72. The van der Waals surface area contributed by atoms with Crippen LogP contribution in [0.3, 0.4) is 0 Å². The molecule has 21 heavy (non-hydrogen) atoms. The van der Waals surface area contributed by atoms with Gasteiger partial charge in [0, 0.05) is 28.7 Å². The predicted molar refractivity (Wildman–Crippen MR) is 93.4 cm³/mol. The van der Waals surface area contributed by atoms with E-state index < -0.39 is 0 Å². The largest absolute Gasteiger partial charge is 0.374 e. The van der Waals surface area contributed by atoms with Gasteiger partial charge in [-0.2, -0.15) is 0 Å². The highest BCUT2D eigenvalue weighted by atomic mass is 32.2. The summed E-state index contributed by atoms with van der Waals surface area (Å²) in [7, 11) is 0. The molecule has 0 bridgehead atoms. The second-order valence-corrected chi connectivity index (χ2v) is 7.84. The Morgan fingerprint density at radius 2 is 1.90 bits per heavy atom. The van der Waals surface area contributed by atoms with E-state index in [1.807, 2.05) is 11.8 Å². The fourth-order valence-corrected chi connectivity index (χ4v) is 3.41. The number of anilines is 1. The van der Waals surface area contributed by atoms with E-state index in [9.17, 15) is 0 Å². The molecule has 1 heterocycles. The Hall–Kier alpha value is -1.07. The molecule has 0 atom stereocenters. The van der Waals surface area contributed by atoms with E-state index in [-0.39, 0.29) is 5.41 Å². The van der Waals surface area contributed by atoms with Crippen LogP contribution in [0.2, 0.25) is 0 Å². The fraction of sp³-hybridized carbons (Fsp3) is 0.500. The fourth-order valence-electron chi connectivity index (χ4n) is 1.88. The topological polar surface area (TPSA) is 37.8 Å². The van der Waals surface area contributed by atoms with Crippen LogP contribution >= 0.6 is 23.3 Å². The first-order chi connectivity index (χ1) is 10.0. The Labute approximate surface area is 135 Å². The number of hydrogen-bond acceptors (Lipinski definition) is 5. The molecule has 0 radical (unpaired) electrons. The van der Waals surface area contributed by atoms with E-state index in [4.69, 9.17) is 0 Å². The van der Waals surface area contributed by atoms with Crippen molar-refractivity contribution in [3.63, 3.8) is 0 Å². The van der Waals surface area contributed by atoms with Gasteiger partial charge in [-0.3, -0.25) is 0 Å². The minimum atomic E-state index is 0.208. The van der Waals surface area contributed by atoms with E-state index in [2.05, 4.69) is 66.9 Å². The van der Waals surface area contributed by atoms with Crippen molar-refractivity contribution < 1.29 is 0 Å². The van der Waals surface area contributed by atoms with Crippen LogP contribution < -0.4 is 5.32 Å². The van der Waals surface area contributed by atoms with E-state index in [1.54, 1.807) is 0 Å². The molecule has 2 rings (SSSR count). The molecule has 1 aromatic heterocycles. The van der Waals surface area contributed by atoms with Gasteiger partial charge in [-0.25, -0.2) is 0 Å². The lowest BCUT2D eigenvalue weighted by molar-refractivity contribution is 0.590. The second kappa shape index (κ2) is 7.27. The van der Waals surface area contributed by atoms with Crippen LogP contribution in [-0.2, 0) is 11.2 Å². The summed E-state index contributed by atoms with van der Waals surface area (Å²) in [5.41, 5.74) is 2.63. The van der Waals surface area contributed by atoms with Crippen molar-refractivity contribution in [1.29, 1.82) is 0 Å². The van der Waals surface area contributed by atoms with Crippen LogP contribution in [0, 0.1) is 0 Å². The van der Waals surface area contributed by atoms with E-state index in [0.717, 1.165) is 29.4 Å². The van der Waals surface area contributed by atoms with Crippen molar-refractivity contribution in [2.75, 3.05) is 11.9 Å². The highest BCUT2D eigenvalue weighted by molar-refractivity contribution is 7.98. The first-order valence-electron chi connectivity index (χ1n) is 7.29. The normalized spacial score (nSPS) is 11.6. The highest BCUT2D eigenvalue weighted by Crippen LogP contribution is 2.29. The molecule has 0 saturated heterocycles. The smallest absolute Gasteiger partial charge is 0.134 e. The summed E-state index contributed by atoms with van der Waals surface area (Å²) < 4.78 is 4.05. The summed E-state index contributed by atoms with van der Waals surface area (Å²) in [5.74, 6) is 0.859. The number of hydrogen-bond donors (Lipinski definition) is 1. The molecule has 0 aliphatic heterocycles. The molecule has 2 aromatic rings. The molecule has 1 aromatic carbocycles. The van der Waals surface area contributed by atoms with Gasteiger partial charge in [-0.1, -0.05) is 44.3 Å². The first kappa shape index (κ1) is 16.3. The zero-order chi connectivity index (χ0) is 15.3. The number of thioether (sulfide) groups is 1. The molecule has 114 valence electrons. The SMILES string of the molecule is CCCNc1snnc1CSc1ccc(C(C)(C)C)cc1. The number of rotatable bonds is 6. The van der Waals surface area contributed by atoms with Gasteiger partial charge in [-0.05, 0) is 29.5 Å². The van der Waals surface area contributed by atoms with Crippen molar-refractivity contribution in [1.82, 2.24) is 9.59 Å². The van der Waals surface area contributed by atoms with Gasteiger partial charge in [0.05, 0.1) is 0 Å². The Morgan fingerprint density at radius 3 is 2.52 bits per heavy atom. The van der Waals surface area contributed by atoms with Gasteiger partial charge in [0.1, 0.15) is 10.7 Å². The van der Waals surface area contributed by atoms with Crippen molar-refractivity contribution in [2.24, 2.45) is 0 Å². The molecule has 0 saturated carbocycles. The first-order valence-corrected chi connectivity index (χ1v) is 9.05. The second-order valence-electron chi connectivity index (χ2n) is 6.04. The van der Waals surface area contributed by atoms with Gasteiger partial charge in [0.15, 0.2) is 0 Å². The monoisotopic (exact) mass is 321 g/mol. The Bertz CT molecular complexity index is 556. The molecular formula is C16H23N3S2. The Kier molecular flexibility index (Phi) is 5.65. The summed E-state index contributed by atoms with van der Waals surface area (Å²) in [4.78, 5) is 1.28. The van der Waals surface area contributed by atoms with Crippen LogP contribution in [0.4, 0.5) is 5.00 Å². The molecular weight excluding hydrogens is 298 g/mol. The van der Waals surface area contributed by atoms with E-state index >= 15 is 0 Å². The number of benzene rings is 1. The maximum atomic E-state index is 4.23. The zero-order valence-electron chi connectivity index (χ0n) is 13.1. The molecule has 0 aliphatic rings. The highest BCUT2D eigenvalue weighted by Gasteiger charge is 2.13. The number of aromatic nitrogens is 2. The molecule has 1 N–H and O–H groups in total. The van der Waals surface area contributed by atoms with Crippen molar-refractivity contribution in [2.45, 2.75) is 50.2 Å². The lowest BCUT2D eigenvalue weighted by atomic mass is 9.87. The average Bonchev–Trinajstić information content (AvgIpc) is 2.90. The predicted octanol–water partition coefficient (Wildman–Crippen LogP) is 4.95. The van der Waals surface area contributed by atoms with Crippen LogP contribution in [0.5, 0.6) is 0 Å². The van der Waals surface area contributed by atoms with Crippen LogP contribution in [0.25, 0.3) is 0 Å². The number of nitrogens with zero attached hydrogens (tertiary/aromatic N) is 2. The Morgan fingerprint density at radius 1 is 1.19 bits per heavy atom. The standard InChI is InChI=1S/C16H23N3S2/c1-5-10-17-15-14(18-19-21-15)11-20-13-8-6-12(7-9-13)16(2,3)4/h6-9,17H,5,10-11H2,1-4H3. The third kappa shape index (κ3) is 4.71. The average molecular weight is 322 g/mol. The Balaban J connectivity index is 1.95. The maximum Gasteiger partial charge on any atom is 0.134 e. The lowest BCUT2D eigenvalue weighted by Crippen LogP contribution is -2.10. The summed E-state index contributed by atoms with van der Waals surface area (Å²) in [6.45, 7) is 9.85. The van der Waals surface area contributed by atoms with E-state index in [0.29, 0.717) is 0 Å². The third-order valence-electron chi connectivity index (χ3n) is 3.19. The zero-order valence-corrected chi connectivity index (χ0v) is 14.8. The summed E-state index contributed by atoms with van der Waals surface area (Å²) in [6.07, 6.45) is 1.11. The van der Waals surface area contributed by atoms with Gasteiger partial charge < -0.3 is 5.32 Å². The summed E-state index contributed by atoms with van der Waals surface area (Å²) >= 11 is 3.25. The van der Waals surface area contributed by atoms with Gasteiger partial charge >= 0.3 is 0 Å². The summed E-state index contributed by atoms with van der Waals surface area (Å²) in [6, 6.07) is 8.84. The van der Waals surface area contributed by atoms with Crippen LogP contribution in [0.15, 0.2) is 29.2 Å². The number of nitrogens with one attached hydrogen (secondary N) is 1. The maximum absolute atomic E-state index is 4.23. The molecule has 5 heteroatoms.